The van der Waals surface area contributed by atoms with E-state index in [9.17, 15) is 9.90 Å². The van der Waals surface area contributed by atoms with E-state index in [2.05, 4.69) is 62.1 Å². The number of piperidine rings is 1. The van der Waals surface area contributed by atoms with E-state index in [1.54, 1.807) is 0 Å². The predicted molar refractivity (Wildman–Crippen MR) is 128 cm³/mol. The van der Waals surface area contributed by atoms with Crippen molar-refractivity contribution in [2.45, 2.75) is 77.4 Å². The zero-order valence-electron chi connectivity index (χ0n) is 20.3. The summed E-state index contributed by atoms with van der Waals surface area (Å²) in [5.74, 6) is 1.79. The van der Waals surface area contributed by atoms with Gasteiger partial charge in [0, 0.05) is 25.8 Å². The summed E-state index contributed by atoms with van der Waals surface area (Å²) in [5.41, 5.74) is 1.80. The lowest BCUT2D eigenvalue weighted by molar-refractivity contribution is -0.159. The molecule has 0 bridgehead atoms. The Hall–Kier alpha value is -1.65. The Kier molecular flexibility index (Phi) is 7.11. The minimum atomic E-state index is -0.781. The maximum Gasteiger partial charge on any atom is 0.303 e. The molecule has 1 N–H and O–H groups in total. The molecule has 32 heavy (non-hydrogen) atoms. The highest BCUT2D eigenvalue weighted by molar-refractivity contribution is 5.66. The maximum atomic E-state index is 11.8. The van der Waals surface area contributed by atoms with E-state index >= 15 is 0 Å². The van der Waals surface area contributed by atoms with E-state index < -0.39 is 5.60 Å². The molecule has 6 atom stereocenters. The molecule has 1 saturated heterocycles. The fourth-order valence-corrected chi connectivity index (χ4v) is 6.72. The molecular weight excluding hydrogens is 398 g/mol. The summed E-state index contributed by atoms with van der Waals surface area (Å²) in [4.78, 5) is 14.2. The van der Waals surface area contributed by atoms with E-state index in [0.717, 1.165) is 38.0 Å². The van der Waals surface area contributed by atoms with Crippen molar-refractivity contribution < 1.29 is 14.6 Å². The molecule has 4 rings (SSSR count). The SMILES string of the molecule is CC(=O)O[C@@H]1C[C@@]2(O)[C@H](C)CC[C@@H](C(C)CN3CCC(c4ccccc4)CC3)[C@H]2C=C1C. The van der Waals surface area contributed by atoms with E-state index in [1.165, 1.54) is 25.3 Å². The molecule has 1 aromatic carbocycles. The lowest BCUT2D eigenvalue weighted by Gasteiger charge is -2.53. The first-order valence-corrected chi connectivity index (χ1v) is 12.6. The zero-order valence-corrected chi connectivity index (χ0v) is 20.3. The third-order valence-corrected chi connectivity index (χ3v) is 8.73. The molecule has 0 aromatic heterocycles. The molecule has 1 heterocycles. The van der Waals surface area contributed by atoms with Crippen molar-refractivity contribution in [3.63, 3.8) is 0 Å². The molecule has 4 nitrogen and oxygen atoms in total. The molecule has 1 unspecified atom stereocenters. The van der Waals surface area contributed by atoms with Gasteiger partial charge in [0.1, 0.15) is 6.10 Å². The number of carbonyl (C=O) groups excluding carboxylic acids is 1. The predicted octanol–water partition coefficient (Wildman–Crippen LogP) is 5.18. The topological polar surface area (TPSA) is 49.8 Å². The summed E-state index contributed by atoms with van der Waals surface area (Å²) in [6.45, 7) is 11.5. The Morgan fingerprint density at radius 1 is 1.19 bits per heavy atom. The van der Waals surface area contributed by atoms with Crippen molar-refractivity contribution in [1.82, 2.24) is 4.90 Å². The van der Waals surface area contributed by atoms with E-state index in [0.29, 0.717) is 24.2 Å². The zero-order chi connectivity index (χ0) is 22.9. The molecule has 2 aliphatic carbocycles. The van der Waals surface area contributed by atoms with Gasteiger partial charge in [0.2, 0.25) is 0 Å². The number of benzene rings is 1. The fraction of sp³-hybridized carbons (Fsp3) is 0.679. The molecule has 1 aromatic rings. The number of fused-ring (bicyclic) bond motifs is 1. The molecular formula is C28H41NO3. The molecule has 1 aliphatic heterocycles. The highest BCUT2D eigenvalue weighted by atomic mass is 16.5. The Morgan fingerprint density at radius 3 is 2.53 bits per heavy atom. The van der Waals surface area contributed by atoms with Crippen LogP contribution in [0.3, 0.4) is 0 Å². The Labute approximate surface area is 194 Å². The second-order valence-electron chi connectivity index (χ2n) is 10.8. The highest BCUT2D eigenvalue weighted by Gasteiger charge is 2.52. The van der Waals surface area contributed by atoms with Crippen LogP contribution in [0.15, 0.2) is 42.0 Å². The largest absolute Gasteiger partial charge is 0.458 e. The summed E-state index contributed by atoms with van der Waals surface area (Å²) < 4.78 is 5.55. The number of ether oxygens (including phenoxy) is 1. The van der Waals surface area contributed by atoms with Crippen LogP contribution < -0.4 is 0 Å². The Morgan fingerprint density at radius 2 is 1.88 bits per heavy atom. The summed E-state index contributed by atoms with van der Waals surface area (Å²) in [6.07, 6.45) is 7.16. The number of nitrogens with zero attached hydrogens (tertiary/aromatic N) is 1. The van der Waals surface area contributed by atoms with Gasteiger partial charge in [-0.15, -0.1) is 0 Å². The quantitative estimate of drug-likeness (QED) is 0.507. The van der Waals surface area contributed by atoms with Gasteiger partial charge in [0.15, 0.2) is 0 Å². The normalized spacial score (nSPS) is 35.0. The van der Waals surface area contributed by atoms with Crippen molar-refractivity contribution in [3.8, 4) is 0 Å². The van der Waals surface area contributed by atoms with E-state index in [1.807, 2.05) is 0 Å². The summed E-state index contributed by atoms with van der Waals surface area (Å²) in [6, 6.07) is 10.9. The fourth-order valence-electron chi connectivity index (χ4n) is 6.72. The Bertz CT molecular complexity index is 813. The molecule has 0 radical (unpaired) electrons. The van der Waals surface area contributed by atoms with Gasteiger partial charge in [0.05, 0.1) is 5.60 Å². The van der Waals surface area contributed by atoms with Crippen LogP contribution in [-0.2, 0) is 9.53 Å². The molecule has 2 fully saturated rings. The molecule has 176 valence electrons. The van der Waals surface area contributed by atoms with Crippen LogP contribution >= 0.6 is 0 Å². The second-order valence-corrected chi connectivity index (χ2v) is 10.8. The van der Waals surface area contributed by atoms with Crippen molar-refractivity contribution in [2.24, 2.45) is 23.7 Å². The molecule has 1 saturated carbocycles. The van der Waals surface area contributed by atoms with Crippen molar-refractivity contribution in [1.29, 1.82) is 0 Å². The minimum Gasteiger partial charge on any atom is -0.458 e. The van der Waals surface area contributed by atoms with Gasteiger partial charge < -0.3 is 14.7 Å². The summed E-state index contributed by atoms with van der Waals surface area (Å²) in [5, 5.41) is 11.8. The smallest absolute Gasteiger partial charge is 0.303 e. The van der Waals surface area contributed by atoms with Crippen LogP contribution in [0.25, 0.3) is 0 Å². The summed E-state index contributed by atoms with van der Waals surface area (Å²) in [7, 11) is 0. The van der Waals surface area contributed by atoms with Gasteiger partial charge in [-0.3, -0.25) is 4.79 Å². The second kappa shape index (κ2) is 9.69. The summed E-state index contributed by atoms with van der Waals surface area (Å²) >= 11 is 0. The first kappa shape index (κ1) is 23.5. The molecule has 0 amide bonds. The van der Waals surface area contributed by atoms with Gasteiger partial charge in [0.25, 0.3) is 0 Å². The number of carbonyl (C=O) groups is 1. The lowest BCUT2D eigenvalue weighted by Crippen LogP contribution is -2.56. The van der Waals surface area contributed by atoms with Crippen LogP contribution in [0.4, 0.5) is 0 Å². The van der Waals surface area contributed by atoms with Gasteiger partial charge in [-0.1, -0.05) is 50.3 Å². The van der Waals surface area contributed by atoms with E-state index in [-0.39, 0.29) is 23.9 Å². The van der Waals surface area contributed by atoms with Crippen molar-refractivity contribution >= 4 is 5.97 Å². The monoisotopic (exact) mass is 439 g/mol. The van der Waals surface area contributed by atoms with Gasteiger partial charge in [-0.2, -0.15) is 0 Å². The van der Waals surface area contributed by atoms with Crippen LogP contribution in [-0.4, -0.2) is 47.3 Å². The maximum absolute atomic E-state index is 11.8. The molecule has 0 spiro atoms. The average Bonchev–Trinajstić information content (AvgIpc) is 2.77. The van der Waals surface area contributed by atoms with Gasteiger partial charge in [-0.05, 0) is 80.5 Å². The highest BCUT2D eigenvalue weighted by Crippen LogP contribution is 2.51. The van der Waals surface area contributed by atoms with Gasteiger partial charge >= 0.3 is 5.97 Å². The first-order chi connectivity index (χ1) is 15.3. The number of esters is 1. The number of rotatable bonds is 5. The Balaban J connectivity index is 1.41. The van der Waals surface area contributed by atoms with Crippen LogP contribution in [0.2, 0.25) is 0 Å². The number of aliphatic hydroxyl groups is 1. The first-order valence-electron chi connectivity index (χ1n) is 12.6. The minimum absolute atomic E-state index is 0.148. The van der Waals surface area contributed by atoms with Crippen molar-refractivity contribution in [2.75, 3.05) is 19.6 Å². The molecule has 3 aliphatic rings. The molecule has 4 heteroatoms. The van der Waals surface area contributed by atoms with Gasteiger partial charge in [-0.25, -0.2) is 0 Å². The van der Waals surface area contributed by atoms with E-state index in [4.69, 9.17) is 4.74 Å². The third kappa shape index (κ3) is 4.82. The number of hydrogen-bond acceptors (Lipinski definition) is 4. The van der Waals surface area contributed by atoms with Crippen molar-refractivity contribution in [3.05, 3.63) is 47.5 Å². The lowest BCUT2D eigenvalue weighted by atomic mass is 9.57. The standard InChI is InChI=1S/C28H41NO3/c1-19-16-26-25(11-10-21(3)28(26,31)17-27(19)32-22(4)30)20(2)18-29-14-12-24(13-15-29)23-8-6-5-7-9-23/h5-9,16,20-21,24-27,31H,10-15,17-18H2,1-4H3/t20?,21-,25+,26-,27-,28-/m1/s1. The number of hydrogen-bond donors (Lipinski definition) is 1. The van der Waals surface area contributed by atoms with Crippen LogP contribution in [0.1, 0.15) is 71.3 Å². The third-order valence-electron chi connectivity index (χ3n) is 8.73. The average molecular weight is 440 g/mol. The van der Waals surface area contributed by atoms with Crippen LogP contribution in [0, 0.1) is 23.7 Å². The van der Waals surface area contributed by atoms with Crippen LogP contribution in [0.5, 0.6) is 0 Å². The number of likely N-dealkylation sites (tertiary alicyclic amines) is 1.